The van der Waals surface area contributed by atoms with Gasteiger partial charge < -0.3 is 15.5 Å². The Kier molecular flexibility index (Phi) is 5.38. The third-order valence-electron chi connectivity index (χ3n) is 4.98. The van der Waals surface area contributed by atoms with Gasteiger partial charge in [-0.2, -0.15) is 4.80 Å². The Morgan fingerprint density at radius 1 is 1.00 bits per heavy atom. The summed E-state index contributed by atoms with van der Waals surface area (Å²) in [5, 5.41) is 12.1. The molecule has 1 aliphatic heterocycles. The normalized spacial score (nSPS) is 14.0. The van der Waals surface area contributed by atoms with Crippen LogP contribution in [0.3, 0.4) is 0 Å². The minimum Gasteiger partial charge on any atom is -0.366 e. The number of halogens is 1. The van der Waals surface area contributed by atoms with Gasteiger partial charge >= 0.3 is 0 Å². The Morgan fingerprint density at radius 2 is 1.70 bits per heavy atom. The van der Waals surface area contributed by atoms with Crippen LogP contribution in [0.1, 0.15) is 10.4 Å². The van der Waals surface area contributed by atoms with Gasteiger partial charge in [-0.15, -0.1) is 10.2 Å². The molecule has 1 aliphatic rings. The van der Waals surface area contributed by atoms with E-state index in [1.54, 1.807) is 47.4 Å². The van der Waals surface area contributed by atoms with E-state index in [9.17, 15) is 14.0 Å². The number of para-hydroxylation sites is 1. The minimum atomic E-state index is -0.515. The van der Waals surface area contributed by atoms with E-state index in [0.29, 0.717) is 48.8 Å². The minimum absolute atomic E-state index is 0.0356. The van der Waals surface area contributed by atoms with Crippen molar-refractivity contribution in [3.05, 3.63) is 59.9 Å². The number of amides is 2. The molecular formula is C20H20FN7O2. The molecule has 1 saturated heterocycles. The highest BCUT2D eigenvalue weighted by Gasteiger charge is 2.23. The molecule has 0 spiro atoms. The number of rotatable bonds is 5. The highest BCUT2D eigenvalue weighted by atomic mass is 19.1. The molecule has 30 heavy (non-hydrogen) atoms. The Balaban J connectivity index is 1.35. The summed E-state index contributed by atoms with van der Waals surface area (Å²) in [7, 11) is 0. The maximum atomic E-state index is 13.9. The molecule has 0 radical (unpaired) electrons. The molecule has 154 valence electrons. The van der Waals surface area contributed by atoms with E-state index in [1.807, 2.05) is 4.90 Å². The van der Waals surface area contributed by atoms with E-state index in [-0.39, 0.29) is 18.3 Å². The fourth-order valence-corrected chi connectivity index (χ4v) is 3.34. The number of tetrazole rings is 1. The molecule has 0 unspecified atom stereocenters. The Hall–Kier alpha value is -3.82. The van der Waals surface area contributed by atoms with Crippen molar-refractivity contribution in [1.82, 2.24) is 25.1 Å². The van der Waals surface area contributed by atoms with Crippen LogP contribution in [0.5, 0.6) is 0 Å². The van der Waals surface area contributed by atoms with Crippen molar-refractivity contribution in [1.29, 1.82) is 0 Å². The van der Waals surface area contributed by atoms with E-state index in [4.69, 9.17) is 5.73 Å². The summed E-state index contributed by atoms with van der Waals surface area (Å²) in [5.74, 6) is -0.557. The first-order chi connectivity index (χ1) is 14.5. The van der Waals surface area contributed by atoms with Gasteiger partial charge in [-0.25, -0.2) is 4.39 Å². The molecule has 0 aliphatic carbocycles. The lowest BCUT2D eigenvalue weighted by atomic mass is 10.1. The number of primary amides is 1. The van der Waals surface area contributed by atoms with Gasteiger partial charge in [0, 0.05) is 37.3 Å². The van der Waals surface area contributed by atoms with Crippen molar-refractivity contribution in [2.75, 3.05) is 31.1 Å². The van der Waals surface area contributed by atoms with Crippen LogP contribution >= 0.6 is 0 Å². The first-order valence-electron chi connectivity index (χ1n) is 9.46. The smallest absolute Gasteiger partial charge is 0.248 e. The number of benzene rings is 2. The summed E-state index contributed by atoms with van der Waals surface area (Å²) in [4.78, 5) is 28.6. The second kappa shape index (κ2) is 8.27. The van der Waals surface area contributed by atoms with Crippen LogP contribution in [0.25, 0.3) is 11.4 Å². The molecule has 1 fully saturated rings. The number of carbonyl (C=O) groups excluding carboxylic acids is 2. The maximum absolute atomic E-state index is 13.9. The predicted octanol–water partition coefficient (Wildman–Crippen LogP) is 0.927. The van der Waals surface area contributed by atoms with Crippen molar-refractivity contribution >= 4 is 17.5 Å². The van der Waals surface area contributed by atoms with Gasteiger partial charge in [0.2, 0.25) is 17.6 Å². The quantitative estimate of drug-likeness (QED) is 0.671. The van der Waals surface area contributed by atoms with Crippen LogP contribution in [0, 0.1) is 5.82 Å². The van der Waals surface area contributed by atoms with Crippen LogP contribution in [-0.2, 0) is 11.3 Å². The number of nitrogens with zero attached hydrogens (tertiary/aromatic N) is 6. The van der Waals surface area contributed by atoms with Crippen molar-refractivity contribution in [3.63, 3.8) is 0 Å². The van der Waals surface area contributed by atoms with Crippen LogP contribution in [0.4, 0.5) is 10.1 Å². The van der Waals surface area contributed by atoms with E-state index in [2.05, 4.69) is 15.4 Å². The topological polar surface area (TPSA) is 110 Å². The maximum Gasteiger partial charge on any atom is 0.248 e. The lowest BCUT2D eigenvalue weighted by Gasteiger charge is -2.36. The molecule has 0 saturated carbocycles. The molecule has 0 bridgehead atoms. The fourth-order valence-electron chi connectivity index (χ4n) is 3.34. The first kappa shape index (κ1) is 19.5. The standard InChI is InChI=1S/C20H20FN7O2/c21-16-3-1-2-4-17(16)26-9-11-27(12-10-26)18(29)13-28-24-20(23-25-28)15-7-5-14(6-8-15)19(22)30/h1-8H,9-13H2,(H2,22,30). The Bertz CT molecular complexity index is 1060. The summed E-state index contributed by atoms with van der Waals surface area (Å²) < 4.78 is 13.9. The van der Waals surface area contributed by atoms with Crippen LogP contribution in [0.15, 0.2) is 48.5 Å². The zero-order chi connectivity index (χ0) is 21.1. The molecule has 0 atom stereocenters. The largest absolute Gasteiger partial charge is 0.366 e. The lowest BCUT2D eigenvalue weighted by Crippen LogP contribution is -2.50. The molecule has 10 heteroatoms. The number of anilines is 1. The van der Waals surface area contributed by atoms with Crippen molar-refractivity contribution in [2.45, 2.75) is 6.54 Å². The van der Waals surface area contributed by atoms with Crippen LogP contribution < -0.4 is 10.6 Å². The second-order valence-electron chi connectivity index (χ2n) is 6.90. The molecule has 4 rings (SSSR count). The Morgan fingerprint density at radius 3 is 2.37 bits per heavy atom. The van der Waals surface area contributed by atoms with E-state index < -0.39 is 5.91 Å². The second-order valence-corrected chi connectivity index (χ2v) is 6.90. The summed E-state index contributed by atoms with van der Waals surface area (Å²) in [6.07, 6.45) is 0. The molecule has 9 nitrogen and oxygen atoms in total. The average molecular weight is 409 g/mol. The third kappa shape index (κ3) is 4.12. The number of piperazine rings is 1. The number of aromatic nitrogens is 4. The first-order valence-corrected chi connectivity index (χ1v) is 9.46. The SMILES string of the molecule is NC(=O)c1ccc(-c2nnn(CC(=O)N3CCN(c4ccccc4F)CC3)n2)cc1. The molecule has 2 aromatic carbocycles. The van der Waals surface area contributed by atoms with E-state index in [1.165, 1.54) is 10.9 Å². The monoisotopic (exact) mass is 409 g/mol. The highest BCUT2D eigenvalue weighted by Crippen LogP contribution is 2.20. The number of hydrogen-bond donors (Lipinski definition) is 1. The summed E-state index contributed by atoms with van der Waals surface area (Å²) in [6, 6.07) is 13.1. The number of nitrogens with two attached hydrogens (primary N) is 1. The number of hydrogen-bond acceptors (Lipinski definition) is 6. The average Bonchev–Trinajstić information content (AvgIpc) is 3.23. The van der Waals surface area contributed by atoms with Gasteiger partial charge in [0.05, 0.1) is 5.69 Å². The summed E-state index contributed by atoms with van der Waals surface area (Å²) in [6.45, 7) is 2.04. The highest BCUT2D eigenvalue weighted by molar-refractivity contribution is 5.93. The van der Waals surface area contributed by atoms with Crippen molar-refractivity contribution < 1.29 is 14.0 Å². The van der Waals surface area contributed by atoms with E-state index >= 15 is 0 Å². The van der Waals surface area contributed by atoms with Gasteiger partial charge in [0.25, 0.3) is 0 Å². The summed E-state index contributed by atoms with van der Waals surface area (Å²) >= 11 is 0. The van der Waals surface area contributed by atoms with Crippen molar-refractivity contribution in [2.24, 2.45) is 5.73 Å². The van der Waals surface area contributed by atoms with Gasteiger partial charge in [-0.05, 0) is 29.5 Å². The van der Waals surface area contributed by atoms with Crippen LogP contribution in [-0.4, -0.2) is 63.1 Å². The zero-order valence-corrected chi connectivity index (χ0v) is 16.1. The molecule has 1 aromatic heterocycles. The van der Waals surface area contributed by atoms with Gasteiger partial charge in [-0.1, -0.05) is 24.3 Å². The van der Waals surface area contributed by atoms with E-state index in [0.717, 1.165) is 0 Å². The molecule has 2 N–H and O–H groups in total. The zero-order valence-electron chi connectivity index (χ0n) is 16.1. The lowest BCUT2D eigenvalue weighted by molar-refractivity contribution is -0.132. The third-order valence-corrected chi connectivity index (χ3v) is 4.98. The summed E-state index contributed by atoms with van der Waals surface area (Å²) in [5.41, 5.74) is 6.83. The Labute approximate surface area is 171 Å². The van der Waals surface area contributed by atoms with Crippen LogP contribution in [0.2, 0.25) is 0 Å². The molecule has 2 heterocycles. The van der Waals surface area contributed by atoms with Crippen molar-refractivity contribution in [3.8, 4) is 11.4 Å². The van der Waals surface area contributed by atoms with Gasteiger partial charge in [-0.3, -0.25) is 9.59 Å². The fraction of sp³-hybridized carbons (Fsp3) is 0.250. The van der Waals surface area contributed by atoms with Gasteiger partial charge in [0.15, 0.2) is 0 Å². The molecule has 3 aromatic rings. The van der Waals surface area contributed by atoms with Gasteiger partial charge in [0.1, 0.15) is 12.4 Å². The predicted molar refractivity (Wildman–Crippen MR) is 107 cm³/mol. The molecule has 2 amide bonds. The number of carbonyl (C=O) groups is 2. The molecular weight excluding hydrogens is 389 g/mol.